The van der Waals surface area contributed by atoms with Crippen molar-refractivity contribution in [2.45, 2.75) is 13.5 Å². The molecule has 32 heavy (non-hydrogen) atoms. The van der Waals surface area contributed by atoms with Gasteiger partial charge in [0.15, 0.2) is 0 Å². The Labute approximate surface area is 193 Å². The number of nitrogens with one attached hydrogen (secondary N) is 2. The number of nitrogens with zero attached hydrogens (tertiary/aromatic N) is 3. The fourth-order valence-corrected chi connectivity index (χ4v) is 4.06. The Bertz CT molecular complexity index is 954. The molecule has 1 fully saturated rings. The quantitative estimate of drug-likeness (QED) is 0.554. The van der Waals surface area contributed by atoms with E-state index in [1.807, 2.05) is 25.2 Å². The van der Waals surface area contributed by atoms with Crippen molar-refractivity contribution in [3.63, 3.8) is 0 Å². The smallest absolute Gasteiger partial charge is 0.0511 e. The van der Waals surface area contributed by atoms with Gasteiger partial charge in [0.1, 0.15) is 0 Å². The summed E-state index contributed by atoms with van der Waals surface area (Å²) in [5.74, 6) is 0. The lowest BCUT2D eigenvalue weighted by Crippen LogP contribution is -2.47. The van der Waals surface area contributed by atoms with Crippen LogP contribution in [-0.2, 0) is 6.54 Å². The highest BCUT2D eigenvalue weighted by Crippen LogP contribution is 2.26. The number of hydrogen-bond acceptors (Lipinski definition) is 5. The number of aryl methyl sites for hydroxylation is 1. The standard InChI is InChI=1S/C27H37N5/c1-7-24-13-12-21(2)25(18-24)20-28-19-22(3)31-14-16-32(17-15-31)27-11-9-8-10-26(27)23(4)29-30(5)6/h7-13,18,28-29H,1,3-4,14-17,19-20H2,2,5-6H3. The van der Waals surface area contributed by atoms with Crippen molar-refractivity contribution in [3.8, 4) is 0 Å². The van der Waals surface area contributed by atoms with E-state index in [2.05, 4.69) is 89.7 Å². The van der Waals surface area contributed by atoms with E-state index < -0.39 is 0 Å². The molecule has 0 spiro atoms. The van der Waals surface area contributed by atoms with Crippen LogP contribution in [0.3, 0.4) is 0 Å². The molecule has 0 atom stereocenters. The normalized spacial score (nSPS) is 13.9. The molecule has 0 radical (unpaired) electrons. The zero-order chi connectivity index (χ0) is 23.1. The van der Waals surface area contributed by atoms with Crippen molar-refractivity contribution >= 4 is 17.5 Å². The van der Waals surface area contributed by atoms with Crippen LogP contribution in [0.4, 0.5) is 5.69 Å². The van der Waals surface area contributed by atoms with Gasteiger partial charge >= 0.3 is 0 Å². The first kappa shape index (κ1) is 23.6. The lowest BCUT2D eigenvalue weighted by Gasteiger charge is -2.39. The zero-order valence-corrected chi connectivity index (χ0v) is 19.8. The van der Waals surface area contributed by atoms with E-state index in [1.54, 1.807) is 0 Å². The number of hydrogen-bond donors (Lipinski definition) is 2. The molecule has 0 aliphatic carbocycles. The molecule has 2 N–H and O–H groups in total. The number of anilines is 1. The zero-order valence-electron chi connectivity index (χ0n) is 19.8. The average molecular weight is 432 g/mol. The van der Waals surface area contributed by atoms with Crippen LogP contribution in [0.1, 0.15) is 22.3 Å². The fraction of sp³-hybridized carbons (Fsp3) is 0.333. The Morgan fingerprint density at radius 2 is 1.78 bits per heavy atom. The van der Waals surface area contributed by atoms with Gasteiger partial charge in [-0.25, -0.2) is 5.01 Å². The first-order valence-electron chi connectivity index (χ1n) is 11.2. The highest BCUT2D eigenvalue weighted by atomic mass is 15.5. The molecule has 2 aromatic carbocycles. The van der Waals surface area contributed by atoms with Gasteiger partial charge in [-0.3, -0.25) is 0 Å². The van der Waals surface area contributed by atoms with Crippen molar-refractivity contribution in [3.05, 3.63) is 90.2 Å². The first-order chi connectivity index (χ1) is 15.4. The minimum Gasteiger partial charge on any atom is -0.371 e. The van der Waals surface area contributed by atoms with E-state index >= 15 is 0 Å². The van der Waals surface area contributed by atoms with Gasteiger partial charge in [0.25, 0.3) is 0 Å². The first-order valence-corrected chi connectivity index (χ1v) is 11.2. The molecule has 3 rings (SSSR count). The summed E-state index contributed by atoms with van der Waals surface area (Å²) in [4.78, 5) is 4.84. The predicted octanol–water partition coefficient (Wildman–Crippen LogP) is 4.10. The maximum atomic E-state index is 4.34. The second-order valence-corrected chi connectivity index (χ2v) is 8.54. The monoisotopic (exact) mass is 431 g/mol. The maximum Gasteiger partial charge on any atom is 0.0511 e. The molecule has 0 unspecified atom stereocenters. The second-order valence-electron chi connectivity index (χ2n) is 8.54. The number of para-hydroxylation sites is 1. The van der Waals surface area contributed by atoms with Crippen molar-refractivity contribution < 1.29 is 0 Å². The third kappa shape index (κ3) is 6.02. The molecule has 5 heteroatoms. The van der Waals surface area contributed by atoms with Crippen LogP contribution in [0, 0.1) is 6.92 Å². The average Bonchev–Trinajstić information content (AvgIpc) is 2.80. The van der Waals surface area contributed by atoms with E-state index in [4.69, 9.17) is 0 Å². The molecule has 0 amide bonds. The Balaban J connectivity index is 1.52. The van der Waals surface area contributed by atoms with Gasteiger partial charge in [-0.2, -0.15) is 0 Å². The lowest BCUT2D eigenvalue weighted by molar-refractivity contribution is 0.313. The Kier molecular flexibility index (Phi) is 8.14. The van der Waals surface area contributed by atoms with E-state index in [0.29, 0.717) is 0 Å². The van der Waals surface area contributed by atoms with E-state index in [-0.39, 0.29) is 0 Å². The van der Waals surface area contributed by atoms with Gasteiger partial charge in [-0.05, 0) is 29.7 Å². The van der Waals surface area contributed by atoms with Crippen LogP contribution in [0.25, 0.3) is 11.8 Å². The molecule has 170 valence electrons. The Morgan fingerprint density at radius 3 is 2.47 bits per heavy atom. The van der Waals surface area contributed by atoms with Crippen LogP contribution < -0.4 is 15.6 Å². The van der Waals surface area contributed by atoms with Crippen molar-refractivity contribution in [1.82, 2.24) is 20.7 Å². The summed E-state index contributed by atoms with van der Waals surface area (Å²) in [5, 5.41) is 5.48. The third-order valence-electron chi connectivity index (χ3n) is 5.91. The summed E-state index contributed by atoms with van der Waals surface area (Å²) in [6.45, 7) is 20.1. The van der Waals surface area contributed by atoms with Crippen LogP contribution >= 0.6 is 0 Å². The van der Waals surface area contributed by atoms with Gasteiger partial charge in [0, 0.05) is 70.3 Å². The number of rotatable bonds is 10. The van der Waals surface area contributed by atoms with Crippen LogP contribution in [0.5, 0.6) is 0 Å². The van der Waals surface area contributed by atoms with Crippen molar-refractivity contribution in [1.29, 1.82) is 0 Å². The van der Waals surface area contributed by atoms with Gasteiger partial charge in [-0.15, -0.1) is 0 Å². The molecule has 1 aliphatic rings. The van der Waals surface area contributed by atoms with Gasteiger partial charge in [0.05, 0.1) is 5.70 Å². The lowest BCUT2D eigenvalue weighted by atomic mass is 10.0. The summed E-state index contributed by atoms with van der Waals surface area (Å²) >= 11 is 0. The third-order valence-corrected chi connectivity index (χ3v) is 5.91. The van der Waals surface area contributed by atoms with Gasteiger partial charge in [-0.1, -0.05) is 62.2 Å². The fourth-order valence-electron chi connectivity index (χ4n) is 4.06. The minimum atomic E-state index is 0.790. The Morgan fingerprint density at radius 1 is 1.06 bits per heavy atom. The summed E-state index contributed by atoms with van der Waals surface area (Å²) in [7, 11) is 3.95. The van der Waals surface area contributed by atoms with Gasteiger partial charge in [0.2, 0.25) is 0 Å². The SMILES string of the molecule is C=Cc1ccc(C)c(CNCC(=C)N2CCN(c3ccccc3C(=C)NN(C)C)CC2)c1. The molecule has 5 nitrogen and oxygen atoms in total. The predicted molar refractivity (Wildman–Crippen MR) is 138 cm³/mol. The van der Waals surface area contributed by atoms with Crippen LogP contribution in [0.2, 0.25) is 0 Å². The van der Waals surface area contributed by atoms with E-state index in [0.717, 1.165) is 61.8 Å². The minimum absolute atomic E-state index is 0.790. The van der Waals surface area contributed by atoms with Crippen LogP contribution in [0.15, 0.2) is 67.9 Å². The van der Waals surface area contributed by atoms with Crippen molar-refractivity contribution in [2.75, 3.05) is 51.7 Å². The van der Waals surface area contributed by atoms with Crippen molar-refractivity contribution in [2.24, 2.45) is 0 Å². The van der Waals surface area contributed by atoms with E-state index in [1.165, 1.54) is 16.8 Å². The van der Waals surface area contributed by atoms with Gasteiger partial charge < -0.3 is 20.5 Å². The molecule has 1 aliphatic heterocycles. The topological polar surface area (TPSA) is 33.8 Å². The molecule has 1 saturated heterocycles. The highest BCUT2D eigenvalue weighted by molar-refractivity contribution is 5.74. The molecule has 0 aromatic heterocycles. The molecular formula is C27H37N5. The Hall–Kier alpha value is -3.02. The summed E-state index contributed by atoms with van der Waals surface area (Å²) in [5.41, 5.74) is 11.5. The molecular weight excluding hydrogens is 394 g/mol. The molecule has 1 heterocycles. The van der Waals surface area contributed by atoms with Crippen LogP contribution in [-0.4, -0.2) is 56.7 Å². The second kappa shape index (κ2) is 11.0. The summed E-state index contributed by atoms with van der Waals surface area (Å²) in [6.07, 6.45) is 1.89. The largest absolute Gasteiger partial charge is 0.371 e. The number of hydrazine groups is 1. The number of benzene rings is 2. The van der Waals surface area contributed by atoms with E-state index in [9.17, 15) is 0 Å². The molecule has 0 saturated carbocycles. The summed E-state index contributed by atoms with van der Waals surface area (Å²) in [6, 6.07) is 14.9. The summed E-state index contributed by atoms with van der Waals surface area (Å²) < 4.78 is 0. The molecule has 2 aromatic rings. The maximum absolute atomic E-state index is 4.34. The highest BCUT2D eigenvalue weighted by Gasteiger charge is 2.20. The number of piperazine rings is 1. The molecule has 0 bridgehead atoms.